The van der Waals surface area contributed by atoms with Gasteiger partial charge in [-0.15, -0.1) is 34.3 Å². The molecule has 1 atom stereocenters. The van der Waals surface area contributed by atoms with Gasteiger partial charge in [0.2, 0.25) is 0 Å². The van der Waals surface area contributed by atoms with Crippen LogP contribution in [-0.4, -0.2) is 0 Å². The van der Waals surface area contributed by atoms with Gasteiger partial charge in [0.25, 0.3) is 0 Å². The molecule has 96 valence electrons. The van der Waals surface area contributed by atoms with Gasteiger partial charge in [-0.1, -0.05) is 23.2 Å². The second kappa shape index (κ2) is 5.34. The minimum Gasteiger partial charge on any atom is -0.143 e. The Morgan fingerprint density at radius 3 is 2.50 bits per heavy atom. The van der Waals surface area contributed by atoms with Crippen LogP contribution in [0.5, 0.6) is 0 Å². The van der Waals surface area contributed by atoms with Crippen LogP contribution in [0, 0.1) is 0 Å². The molecule has 0 N–H and O–H groups in total. The quantitative estimate of drug-likeness (QED) is 0.562. The van der Waals surface area contributed by atoms with Crippen LogP contribution in [0.15, 0.2) is 12.1 Å². The van der Waals surface area contributed by atoms with Crippen molar-refractivity contribution < 1.29 is 0 Å². The summed E-state index contributed by atoms with van der Waals surface area (Å²) < 4.78 is 1.40. The molecule has 0 bridgehead atoms. The summed E-state index contributed by atoms with van der Waals surface area (Å²) >= 11 is 21.9. The fourth-order valence-electron chi connectivity index (χ4n) is 2.32. The number of hydrogen-bond donors (Lipinski definition) is 0. The summed E-state index contributed by atoms with van der Waals surface area (Å²) in [6.45, 7) is 0. The summed E-state index contributed by atoms with van der Waals surface area (Å²) in [6.07, 6.45) is 4.97. The molecule has 1 aliphatic carbocycles. The van der Waals surface area contributed by atoms with Crippen LogP contribution in [0.1, 0.15) is 39.1 Å². The van der Waals surface area contributed by atoms with Crippen LogP contribution in [0.4, 0.5) is 0 Å². The predicted octanol–water partition coefficient (Wildman–Crippen LogP) is 6.32. The minimum atomic E-state index is -0.170. The Morgan fingerprint density at radius 2 is 1.83 bits per heavy atom. The Labute approximate surface area is 129 Å². The molecule has 0 aliphatic heterocycles. The topological polar surface area (TPSA) is 0 Å². The highest BCUT2D eigenvalue weighted by Crippen LogP contribution is 2.44. The molecule has 3 rings (SSSR count). The normalized spacial score (nSPS) is 16.6. The molecule has 1 unspecified atom stereocenters. The maximum atomic E-state index is 6.54. The number of thiophene rings is 2. The standard InChI is InChI=1S/C13H11Cl3S2/c14-11-6-8(13(16)18-11)12(15)10-5-7-3-1-2-4-9(7)17-10/h5-6,12H,1-4H2. The first kappa shape index (κ1) is 13.3. The largest absolute Gasteiger partial charge is 0.143 e. The average molecular weight is 338 g/mol. The lowest BCUT2D eigenvalue weighted by atomic mass is 9.99. The van der Waals surface area contributed by atoms with E-state index >= 15 is 0 Å². The van der Waals surface area contributed by atoms with Gasteiger partial charge < -0.3 is 0 Å². The molecule has 0 nitrogen and oxygen atoms in total. The molecular weight excluding hydrogens is 327 g/mol. The molecule has 0 spiro atoms. The summed E-state index contributed by atoms with van der Waals surface area (Å²) in [6, 6.07) is 4.13. The molecule has 1 aliphatic rings. The summed E-state index contributed by atoms with van der Waals surface area (Å²) in [5, 5.41) is -0.170. The Balaban J connectivity index is 1.94. The number of fused-ring (bicyclic) bond motifs is 1. The Hall–Kier alpha value is 0.270. The van der Waals surface area contributed by atoms with Gasteiger partial charge in [0.1, 0.15) is 0 Å². The first-order valence-electron chi connectivity index (χ1n) is 5.85. The van der Waals surface area contributed by atoms with Crippen molar-refractivity contribution in [2.45, 2.75) is 31.1 Å². The van der Waals surface area contributed by atoms with E-state index in [9.17, 15) is 0 Å². The molecule has 0 saturated heterocycles. The minimum absolute atomic E-state index is 0.170. The third-order valence-electron chi connectivity index (χ3n) is 3.22. The monoisotopic (exact) mass is 336 g/mol. The van der Waals surface area contributed by atoms with Crippen molar-refractivity contribution in [3.8, 4) is 0 Å². The number of aryl methyl sites for hydroxylation is 2. The Kier molecular flexibility index (Phi) is 3.93. The van der Waals surface area contributed by atoms with E-state index in [2.05, 4.69) is 6.07 Å². The molecule has 0 radical (unpaired) electrons. The van der Waals surface area contributed by atoms with E-state index in [4.69, 9.17) is 34.8 Å². The summed E-state index contributed by atoms with van der Waals surface area (Å²) in [5.41, 5.74) is 2.41. The fraction of sp³-hybridized carbons (Fsp3) is 0.385. The molecular formula is C13H11Cl3S2. The molecule has 2 aromatic rings. The summed E-state index contributed by atoms with van der Waals surface area (Å²) in [5.74, 6) is 0. The van der Waals surface area contributed by atoms with Crippen molar-refractivity contribution >= 4 is 57.5 Å². The van der Waals surface area contributed by atoms with Gasteiger partial charge in [-0.3, -0.25) is 0 Å². The van der Waals surface area contributed by atoms with Gasteiger partial charge in [-0.2, -0.15) is 0 Å². The molecule has 0 fully saturated rings. The lowest BCUT2D eigenvalue weighted by Gasteiger charge is -2.08. The van der Waals surface area contributed by atoms with E-state index in [-0.39, 0.29) is 5.38 Å². The average Bonchev–Trinajstić information content (AvgIpc) is 2.91. The summed E-state index contributed by atoms with van der Waals surface area (Å²) in [4.78, 5) is 2.69. The van der Waals surface area contributed by atoms with Crippen molar-refractivity contribution in [2.75, 3.05) is 0 Å². The Morgan fingerprint density at radius 1 is 1.06 bits per heavy atom. The van der Waals surface area contributed by atoms with Crippen LogP contribution in [0.2, 0.25) is 8.67 Å². The Bertz CT molecular complexity index is 547. The highest BCUT2D eigenvalue weighted by Gasteiger charge is 2.22. The van der Waals surface area contributed by atoms with Gasteiger partial charge in [-0.05, 0) is 43.4 Å². The maximum absolute atomic E-state index is 6.54. The van der Waals surface area contributed by atoms with Crippen molar-refractivity contribution in [3.63, 3.8) is 0 Å². The van der Waals surface area contributed by atoms with Gasteiger partial charge >= 0.3 is 0 Å². The molecule has 2 heterocycles. The van der Waals surface area contributed by atoms with E-state index in [1.807, 2.05) is 17.4 Å². The third-order valence-corrected chi connectivity index (χ3v) is 6.64. The van der Waals surface area contributed by atoms with Gasteiger partial charge in [0.15, 0.2) is 0 Å². The highest BCUT2D eigenvalue weighted by atomic mass is 35.5. The first-order valence-corrected chi connectivity index (χ1v) is 8.68. The molecule has 18 heavy (non-hydrogen) atoms. The molecule has 0 saturated carbocycles. The molecule has 0 amide bonds. The van der Waals surface area contributed by atoms with E-state index in [1.54, 1.807) is 0 Å². The predicted molar refractivity (Wildman–Crippen MR) is 83.0 cm³/mol. The lowest BCUT2D eigenvalue weighted by Crippen LogP contribution is -1.96. The molecule has 0 aromatic carbocycles. The molecule has 5 heteroatoms. The first-order chi connectivity index (χ1) is 8.65. The van der Waals surface area contributed by atoms with Crippen LogP contribution in [0.3, 0.4) is 0 Å². The van der Waals surface area contributed by atoms with Crippen LogP contribution < -0.4 is 0 Å². The SMILES string of the molecule is Clc1cc(C(Cl)c2cc3c(s2)CCCC3)c(Cl)s1. The van der Waals surface area contributed by atoms with E-state index in [1.165, 1.54) is 52.3 Å². The van der Waals surface area contributed by atoms with Gasteiger partial charge in [0, 0.05) is 15.3 Å². The van der Waals surface area contributed by atoms with Crippen LogP contribution in [-0.2, 0) is 12.8 Å². The number of hydrogen-bond acceptors (Lipinski definition) is 2. The van der Waals surface area contributed by atoms with Crippen molar-refractivity contribution in [1.82, 2.24) is 0 Å². The zero-order valence-electron chi connectivity index (χ0n) is 9.51. The molecule has 2 aromatic heterocycles. The highest BCUT2D eigenvalue weighted by molar-refractivity contribution is 7.20. The van der Waals surface area contributed by atoms with E-state index < -0.39 is 0 Å². The summed E-state index contributed by atoms with van der Waals surface area (Å²) in [7, 11) is 0. The van der Waals surface area contributed by atoms with E-state index in [0.717, 1.165) is 5.56 Å². The zero-order valence-corrected chi connectivity index (χ0v) is 13.4. The second-order valence-corrected chi connectivity index (χ2v) is 8.34. The number of halogens is 3. The smallest absolute Gasteiger partial charge is 0.0994 e. The zero-order chi connectivity index (χ0) is 12.7. The van der Waals surface area contributed by atoms with Gasteiger partial charge in [0.05, 0.1) is 14.0 Å². The third kappa shape index (κ3) is 2.46. The van der Waals surface area contributed by atoms with E-state index in [0.29, 0.717) is 8.67 Å². The van der Waals surface area contributed by atoms with Crippen molar-refractivity contribution in [3.05, 3.63) is 41.7 Å². The maximum Gasteiger partial charge on any atom is 0.0994 e. The van der Waals surface area contributed by atoms with Crippen molar-refractivity contribution in [2.24, 2.45) is 0 Å². The number of rotatable bonds is 2. The van der Waals surface area contributed by atoms with Crippen LogP contribution >= 0.6 is 57.5 Å². The van der Waals surface area contributed by atoms with Crippen LogP contribution in [0.25, 0.3) is 0 Å². The van der Waals surface area contributed by atoms with Gasteiger partial charge in [-0.25, -0.2) is 0 Å². The fourth-order valence-corrected chi connectivity index (χ4v) is 5.59. The lowest BCUT2D eigenvalue weighted by molar-refractivity contribution is 0.697. The van der Waals surface area contributed by atoms with Crippen molar-refractivity contribution in [1.29, 1.82) is 0 Å². The second-order valence-electron chi connectivity index (χ2n) is 4.45. The number of alkyl halides is 1.